The number of rotatable bonds is 9. The first-order chi connectivity index (χ1) is 8.08. The molecule has 0 heterocycles. The lowest BCUT2D eigenvalue weighted by atomic mass is 9.84. The predicted octanol–water partition coefficient (Wildman–Crippen LogP) is 2.86. The van der Waals surface area contributed by atoms with Crippen molar-refractivity contribution in [2.45, 2.75) is 52.4 Å². The fourth-order valence-electron chi connectivity index (χ4n) is 1.98. The zero-order chi connectivity index (χ0) is 13.3. The standard InChI is InChI=1S/C13H24O4/c1-4-6-8-10(12(14)15)11(9-7-5-2)13(16)17-3/h10-11H,4-9H2,1-3H3,(H,14,15). The number of methoxy groups -OCH3 is 1. The van der Waals surface area contributed by atoms with Crippen molar-refractivity contribution in [2.75, 3.05) is 7.11 Å². The number of unbranched alkanes of at least 4 members (excludes halogenated alkanes) is 2. The van der Waals surface area contributed by atoms with Gasteiger partial charge in [0.25, 0.3) is 0 Å². The van der Waals surface area contributed by atoms with Gasteiger partial charge >= 0.3 is 11.9 Å². The molecule has 0 saturated heterocycles. The normalized spacial score (nSPS) is 14.1. The molecule has 0 aliphatic heterocycles. The highest BCUT2D eigenvalue weighted by molar-refractivity contribution is 5.81. The van der Waals surface area contributed by atoms with Crippen molar-refractivity contribution in [2.24, 2.45) is 11.8 Å². The molecule has 0 fully saturated rings. The molecule has 0 aromatic heterocycles. The smallest absolute Gasteiger partial charge is 0.309 e. The Morgan fingerprint density at radius 2 is 1.53 bits per heavy atom. The molecule has 1 N–H and O–H groups in total. The van der Waals surface area contributed by atoms with E-state index in [1.807, 2.05) is 13.8 Å². The van der Waals surface area contributed by atoms with Crippen molar-refractivity contribution in [3.63, 3.8) is 0 Å². The van der Waals surface area contributed by atoms with Crippen molar-refractivity contribution in [3.05, 3.63) is 0 Å². The average Bonchev–Trinajstić information content (AvgIpc) is 2.32. The van der Waals surface area contributed by atoms with Crippen molar-refractivity contribution in [1.82, 2.24) is 0 Å². The largest absolute Gasteiger partial charge is 0.481 e. The molecule has 0 aliphatic rings. The van der Waals surface area contributed by atoms with Gasteiger partial charge in [0, 0.05) is 0 Å². The van der Waals surface area contributed by atoms with Crippen LogP contribution < -0.4 is 0 Å². The zero-order valence-electron chi connectivity index (χ0n) is 11.1. The minimum atomic E-state index is -0.884. The van der Waals surface area contributed by atoms with Crippen LogP contribution >= 0.6 is 0 Å². The summed E-state index contributed by atoms with van der Waals surface area (Å²) in [6.07, 6.45) is 4.73. The summed E-state index contributed by atoms with van der Waals surface area (Å²) >= 11 is 0. The average molecular weight is 244 g/mol. The van der Waals surface area contributed by atoms with Gasteiger partial charge in [-0.25, -0.2) is 0 Å². The van der Waals surface area contributed by atoms with Crippen LogP contribution in [0.1, 0.15) is 52.4 Å². The molecule has 2 unspecified atom stereocenters. The molecule has 4 nitrogen and oxygen atoms in total. The summed E-state index contributed by atoms with van der Waals surface area (Å²) in [4.78, 5) is 22.9. The van der Waals surface area contributed by atoms with E-state index in [4.69, 9.17) is 4.74 Å². The van der Waals surface area contributed by atoms with Crippen LogP contribution in [0.25, 0.3) is 0 Å². The first-order valence-electron chi connectivity index (χ1n) is 6.39. The minimum Gasteiger partial charge on any atom is -0.481 e. The molecule has 0 aliphatic carbocycles. The van der Waals surface area contributed by atoms with Gasteiger partial charge in [-0.3, -0.25) is 9.59 Å². The van der Waals surface area contributed by atoms with Crippen LogP contribution in [0, 0.1) is 11.8 Å². The minimum absolute atomic E-state index is 0.387. The number of hydrogen-bond acceptors (Lipinski definition) is 3. The summed E-state index contributed by atoms with van der Waals surface area (Å²) < 4.78 is 4.72. The summed E-state index contributed by atoms with van der Waals surface area (Å²) in [5.74, 6) is -2.37. The lowest BCUT2D eigenvalue weighted by molar-refractivity contribution is -0.156. The van der Waals surface area contributed by atoms with Gasteiger partial charge in [-0.05, 0) is 12.8 Å². The van der Waals surface area contributed by atoms with Crippen molar-refractivity contribution < 1.29 is 19.4 Å². The second-order valence-corrected chi connectivity index (χ2v) is 4.36. The molecule has 0 radical (unpaired) electrons. The van der Waals surface area contributed by atoms with E-state index in [1.165, 1.54) is 7.11 Å². The quantitative estimate of drug-likeness (QED) is 0.633. The molecule has 0 saturated carbocycles. The Labute approximate surface area is 103 Å². The van der Waals surface area contributed by atoms with Crippen LogP contribution in [0.5, 0.6) is 0 Å². The topological polar surface area (TPSA) is 63.6 Å². The monoisotopic (exact) mass is 244 g/mol. The number of aliphatic carboxylic acids is 1. The number of carbonyl (C=O) groups is 2. The molecule has 0 aromatic rings. The Morgan fingerprint density at radius 1 is 1.06 bits per heavy atom. The second-order valence-electron chi connectivity index (χ2n) is 4.36. The highest BCUT2D eigenvalue weighted by Crippen LogP contribution is 2.25. The first-order valence-corrected chi connectivity index (χ1v) is 6.39. The molecule has 2 atom stereocenters. The number of carbonyl (C=O) groups excluding carboxylic acids is 1. The van der Waals surface area contributed by atoms with Gasteiger partial charge in [0.2, 0.25) is 0 Å². The van der Waals surface area contributed by atoms with Gasteiger partial charge < -0.3 is 9.84 Å². The molecule has 0 spiro atoms. The van der Waals surface area contributed by atoms with Gasteiger partial charge in [0.1, 0.15) is 0 Å². The van der Waals surface area contributed by atoms with E-state index in [0.29, 0.717) is 12.8 Å². The Morgan fingerprint density at radius 3 is 1.88 bits per heavy atom. The number of hydrogen-bond donors (Lipinski definition) is 1. The Balaban J connectivity index is 4.66. The Bertz CT molecular complexity index is 238. The van der Waals surface area contributed by atoms with E-state index in [2.05, 4.69) is 0 Å². The van der Waals surface area contributed by atoms with E-state index in [9.17, 15) is 14.7 Å². The SMILES string of the molecule is CCCCC(C(=O)O)C(CCCC)C(=O)OC. The van der Waals surface area contributed by atoms with Crippen molar-refractivity contribution >= 4 is 11.9 Å². The van der Waals surface area contributed by atoms with E-state index in [-0.39, 0.29) is 5.97 Å². The summed E-state index contributed by atoms with van der Waals surface area (Å²) in [6.45, 7) is 4.04. The van der Waals surface area contributed by atoms with Gasteiger partial charge in [-0.1, -0.05) is 39.5 Å². The molecule has 0 rings (SSSR count). The lowest BCUT2D eigenvalue weighted by Gasteiger charge is -2.21. The Kier molecular flexibility index (Phi) is 8.46. The molecular weight excluding hydrogens is 220 g/mol. The summed E-state index contributed by atoms with van der Waals surface area (Å²) in [7, 11) is 1.32. The predicted molar refractivity (Wildman–Crippen MR) is 65.7 cm³/mol. The molecule has 17 heavy (non-hydrogen) atoms. The third kappa shape index (κ3) is 5.71. The van der Waals surface area contributed by atoms with Crippen molar-refractivity contribution in [1.29, 1.82) is 0 Å². The third-order valence-corrected chi connectivity index (χ3v) is 3.04. The summed E-state index contributed by atoms with van der Waals surface area (Å²) in [6, 6.07) is 0. The number of carboxylic acid groups (broad SMARTS) is 1. The van der Waals surface area contributed by atoms with Gasteiger partial charge in [0.05, 0.1) is 18.9 Å². The highest BCUT2D eigenvalue weighted by atomic mass is 16.5. The molecule has 0 aromatic carbocycles. The maximum Gasteiger partial charge on any atom is 0.309 e. The van der Waals surface area contributed by atoms with Crippen LogP contribution in [-0.2, 0) is 14.3 Å². The van der Waals surface area contributed by atoms with E-state index < -0.39 is 17.8 Å². The molecule has 0 amide bonds. The second kappa shape index (κ2) is 9.02. The van der Waals surface area contributed by atoms with Crippen LogP contribution in [0.3, 0.4) is 0 Å². The van der Waals surface area contributed by atoms with Gasteiger partial charge in [-0.2, -0.15) is 0 Å². The number of carboxylic acids is 1. The molecular formula is C13H24O4. The maximum absolute atomic E-state index is 11.6. The third-order valence-electron chi connectivity index (χ3n) is 3.04. The highest BCUT2D eigenvalue weighted by Gasteiger charge is 2.33. The summed E-state index contributed by atoms with van der Waals surface area (Å²) in [5.41, 5.74) is 0. The zero-order valence-corrected chi connectivity index (χ0v) is 11.1. The fraction of sp³-hybridized carbons (Fsp3) is 0.846. The molecule has 100 valence electrons. The van der Waals surface area contributed by atoms with Gasteiger partial charge in [0.15, 0.2) is 0 Å². The van der Waals surface area contributed by atoms with Crippen LogP contribution in [-0.4, -0.2) is 24.2 Å². The Hall–Kier alpha value is -1.06. The van der Waals surface area contributed by atoms with Crippen LogP contribution in [0.4, 0.5) is 0 Å². The first kappa shape index (κ1) is 15.9. The van der Waals surface area contributed by atoms with Crippen LogP contribution in [0.15, 0.2) is 0 Å². The van der Waals surface area contributed by atoms with E-state index >= 15 is 0 Å². The van der Waals surface area contributed by atoms with E-state index in [0.717, 1.165) is 25.7 Å². The molecule has 4 heteroatoms. The number of esters is 1. The lowest BCUT2D eigenvalue weighted by Crippen LogP contribution is -2.31. The fourth-order valence-corrected chi connectivity index (χ4v) is 1.98. The van der Waals surface area contributed by atoms with Crippen molar-refractivity contribution in [3.8, 4) is 0 Å². The summed E-state index contributed by atoms with van der Waals surface area (Å²) in [5, 5.41) is 9.21. The maximum atomic E-state index is 11.6. The number of ether oxygens (including phenoxy) is 1. The van der Waals surface area contributed by atoms with E-state index in [1.54, 1.807) is 0 Å². The molecule has 0 bridgehead atoms. The van der Waals surface area contributed by atoms with Gasteiger partial charge in [-0.15, -0.1) is 0 Å². The van der Waals surface area contributed by atoms with Crippen LogP contribution in [0.2, 0.25) is 0 Å².